The molecular weight excluding hydrogens is 389 g/mol. The van der Waals surface area contributed by atoms with E-state index in [0.29, 0.717) is 28.7 Å². The van der Waals surface area contributed by atoms with E-state index >= 15 is 0 Å². The van der Waals surface area contributed by atoms with Gasteiger partial charge in [0.2, 0.25) is 0 Å². The van der Waals surface area contributed by atoms with E-state index in [-0.39, 0.29) is 17.1 Å². The highest BCUT2D eigenvalue weighted by molar-refractivity contribution is 6.01. The highest BCUT2D eigenvalue weighted by Crippen LogP contribution is 2.33. The lowest BCUT2D eigenvalue weighted by molar-refractivity contribution is 0.112. The number of nitrogens with one attached hydrogen (secondary N) is 2. The van der Waals surface area contributed by atoms with Crippen LogP contribution in [-0.4, -0.2) is 31.9 Å². The number of amides is 2. The zero-order valence-corrected chi connectivity index (χ0v) is 15.8. The van der Waals surface area contributed by atoms with Crippen molar-refractivity contribution in [3.05, 3.63) is 66.0 Å². The van der Waals surface area contributed by atoms with Gasteiger partial charge in [-0.3, -0.25) is 10.1 Å². The summed E-state index contributed by atoms with van der Waals surface area (Å²) in [6, 6.07) is 7.00. The molecule has 30 heavy (non-hydrogen) atoms. The highest BCUT2D eigenvalue weighted by atomic mass is 19.1. The van der Waals surface area contributed by atoms with Crippen molar-refractivity contribution in [1.29, 1.82) is 0 Å². The van der Waals surface area contributed by atoms with E-state index in [1.807, 2.05) is 6.92 Å². The molecule has 0 radical (unpaired) electrons. The van der Waals surface area contributed by atoms with Crippen molar-refractivity contribution < 1.29 is 14.0 Å². The fourth-order valence-corrected chi connectivity index (χ4v) is 3.09. The van der Waals surface area contributed by atoms with Gasteiger partial charge >= 0.3 is 6.03 Å². The number of carbonyl (C=O) groups excluding carboxylic acids is 2. The molecule has 150 valence electrons. The Balaban J connectivity index is 1.64. The third-order valence-corrected chi connectivity index (χ3v) is 4.42. The Hall–Kier alpha value is -4.34. The number of rotatable bonds is 4. The lowest BCUT2D eigenvalue weighted by Crippen LogP contribution is -2.20. The Morgan fingerprint density at radius 2 is 2.03 bits per heavy atom. The summed E-state index contributed by atoms with van der Waals surface area (Å²) >= 11 is 0. The number of carbonyl (C=O) groups is 2. The van der Waals surface area contributed by atoms with Crippen molar-refractivity contribution in [3.63, 3.8) is 0 Å². The molecule has 3 heterocycles. The molecular formula is C20H16FN7O2. The summed E-state index contributed by atoms with van der Waals surface area (Å²) in [5, 5.41) is 9.00. The average molecular weight is 405 g/mol. The summed E-state index contributed by atoms with van der Waals surface area (Å²) in [4.78, 5) is 31.6. The standard InChI is InChI=1S/C20H16FN7O2/c1-11-4-5-23-16(6-11)27-20(30)26-15-3-2-12(7-14(15)21)17-13(9-29)8-28-18(17)19(22)24-10-25-28/h2-10H,1H3,(H2,22,24,25)(H2,23,26,27,30). The first-order chi connectivity index (χ1) is 14.5. The van der Waals surface area contributed by atoms with Gasteiger partial charge in [-0.2, -0.15) is 5.10 Å². The lowest BCUT2D eigenvalue weighted by Gasteiger charge is -2.10. The van der Waals surface area contributed by atoms with E-state index in [1.54, 1.807) is 24.4 Å². The second-order valence-corrected chi connectivity index (χ2v) is 6.51. The molecule has 0 aliphatic heterocycles. The van der Waals surface area contributed by atoms with Gasteiger partial charge in [-0.15, -0.1) is 0 Å². The Bertz CT molecular complexity index is 1290. The molecule has 1 aromatic carbocycles. The van der Waals surface area contributed by atoms with Crippen LogP contribution in [0.1, 0.15) is 15.9 Å². The molecule has 4 aromatic rings. The minimum atomic E-state index is -0.688. The van der Waals surface area contributed by atoms with Crippen LogP contribution in [0.3, 0.4) is 0 Å². The number of halogens is 1. The largest absolute Gasteiger partial charge is 0.382 e. The number of nitrogens with two attached hydrogens (primary N) is 1. The van der Waals surface area contributed by atoms with E-state index < -0.39 is 11.8 Å². The molecule has 4 N–H and O–H groups in total. The number of pyridine rings is 1. The van der Waals surface area contributed by atoms with Gasteiger partial charge in [0.05, 0.1) is 5.69 Å². The fraction of sp³-hybridized carbons (Fsp3) is 0.0500. The van der Waals surface area contributed by atoms with E-state index in [0.717, 1.165) is 5.56 Å². The maximum absolute atomic E-state index is 14.7. The first-order valence-corrected chi connectivity index (χ1v) is 8.84. The minimum Gasteiger partial charge on any atom is -0.382 e. The SMILES string of the molecule is Cc1ccnc(NC(=O)Nc2ccc(-c3c(C=O)cn4ncnc(N)c34)cc2F)c1. The lowest BCUT2D eigenvalue weighted by atomic mass is 10.0. The maximum atomic E-state index is 14.7. The summed E-state index contributed by atoms with van der Waals surface area (Å²) in [5.74, 6) is -0.192. The summed E-state index contributed by atoms with van der Waals surface area (Å²) in [7, 11) is 0. The van der Waals surface area contributed by atoms with Gasteiger partial charge in [0, 0.05) is 23.5 Å². The molecule has 0 spiro atoms. The number of hydrogen-bond acceptors (Lipinski definition) is 6. The number of nitrogens with zero attached hydrogens (tertiary/aromatic N) is 4. The molecule has 0 aliphatic rings. The molecule has 2 amide bonds. The van der Waals surface area contributed by atoms with Crippen LogP contribution in [0.25, 0.3) is 16.6 Å². The van der Waals surface area contributed by atoms with Gasteiger partial charge < -0.3 is 11.1 Å². The Labute approximate surface area is 169 Å². The van der Waals surface area contributed by atoms with Crippen molar-refractivity contribution in [2.75, 3.05) is 16.4 Å². The highest BCUT2D eigenvalue weighted by Gasteiger charge is 2.18. The third-order valence-electron chi connectivity index (χ3n) is 4.42. The predicted molar refractivity (Wildman–Crippen MR) is 110 cm³/mol. The molecule has 0 aliphatic carbocycles. The number of aldehydes is 1. The van der Waals surface area contributed by atoms with E-state index in [1.165, 1.54) is 29.2 Å². The second kappa shape index (κ2) is 7.59. The molecule has 0 atom stereocenters. The first kappa shape index (κ1) is 19.0. The topological polar surface area (TPSA) is 127 Å². The monoisotopic (exact) mass is 405 g/mol. The molecule has 4 rings (SSSR count). The van der Waals surface area contributed by atoms with Gasteiger partial charge in [-0.05, 0) is 42.3 Å². The Kier molecular flexibility index (Phi) is 4.80. The van der Waals surface area contributed by atoms with Crippen molar-refractivity contribution in [2.24, 2.45) is 0 Å². The second-order valence-electron chi connectivity index (χ2n) is 6.51. The zero-order valence-electron chi connectivity index (χ0n) is 15.8. The van der Waals surface area contributed by atoms with Crippen LogP contribution in [0.4, 0.5) is 26.5 Å². The van der Waals surface area contributed by atoms with E-state index in [4.69, 9.17) is 5.73 Å². The van der Waals surface area contributed by atoms with Crippen LogP contribution in [0.5, 0.6) is 0 Å². The molecule has 10 heteroatoms. The van der Waals surface area contributed by atoms with Crippen LogP contribution in [0.15, 0.2) is 49.1 Å². The van der Waals surface area contributed by atoms with Crippen LogP contribution >= 0.6 is 0 Å². The summed E-state index contributed by atoms with van der Waals surface area (Å²) in [6.45, 7) is 1.86. The van der Waals surface area contributed by atoms with Crippen molar-refractivity contribution in [1.82, 2.24) is 19.6 Å². The first-order valence-electron chi connectivity index (χ1n) is 8.84. The Morgan fingerprint density at radius 1 is 1.20 bits per heavy atom. The molecule has 3 aromatic heterocycles. The quantitative estimate of drug-likeness (QED) is 0.447. The number of urea groups is 1. The molecule has 0 saturated carbocycles. The summed E-state index contributed by atoms with van der Waals surface area (Å²) in [6.07, 6.45) is 4.94. The number of hydrogen-bond donors (Lipinski definition) is 3. The van der Waals surface area contributed by atoms with Crippen molar-refractivity contribution in [2.45, 2.75) is 6.92 Å². The van der Waals surface area contributed by atoms with Gasteiger partial charge in [-0.25, -0.2) is 23.7 Å². The summed E-state index contributed by atoms with van der Waals surface area (Å²) < 4.78 is 16.1. The van der Waals surface area contributed by atoms with Gasteiger partial charge in [-0.1, -0.05) is 6.07 Å². The van der Waals surface area contributed by atoms with Crippen molar-refractivity contribution >= 4 is 35.2 Å². The molecule has 0 unspecified atom stereocenters. The number of aryl methyl sites for hydroxylation is 1. The normalized spacial score (nSPS) is 10.7. The molecule has 9 nitrogen and oxygen atoms in total. The van der Waals surface area contributed by atoms with Gasteiger partial charge in [0.25, 0.3) is 0 Å². The number of fused-ring (bicyclic) bond motifs is 1. The zero-order chi connectivity index (χ0) is 21.3. The number of anilines is 3. The predicted octanol–water partition coefficient (Wildman–Crippen LogP) is 3.28. The molecule has 0 bridgehead atoms. The van der Waals surface area contributed by atoms with E-state index in [2.05, 4.69) is 25.7 Å². The van der Waals surface area contributed by atoms with Crippen LogP contribution in [0, 0.1) is 12.7 Å². The van der Waals surface area contributed by atoms with Crippen molar-refractivity contribution in [3.8, 4) is 11.1 Å². The van der Waals surface area contributed by atoms with Crippen LogP contribution in [0.2, 0.25) is 0 Å². The van der Waals surface area contributed by atoms with Crippen LogP contribution < -0.4 is 16.4 Å². The average Bonchev–Trinajstić information content (AvgIpc) is 3.09. The smallest absolute Gasteiger partial charge is 0.324 e. The van der Waals surface area contributed by atoms with E-state index in [9.17, 15) is 14.0 Å². The molecule has 0 saturated heterocycles. The Morgan fingerprint density at radius 3 is 2.77 bits per heavy atom. The fourth-order valence-electron chi connectivity index (χ4n) is 3.09. The van der Waals surface area contributed by atoms with Gasteiger partial charge in [0.15, 0.2) is 12.1 Å². The minimum absolute atomic E-state index is 0.0377. The number of aromatic nitrogens is 4. The molecule has 0 fully saturated rings. The van der Waals surface area contributed by atoms with Gasteiger partial charge in [0.1, 0.15) is 23.5 Å². The number of nitrogen functional groups attached to an aromatic ring is 1. The third kappa shape index (κ3) is 3.53. The summed E-state index contributed by atoms with van der Waals surface area (Å²) in [5.41, 5.74) is 8.28. The van der Waals surface area contributed by atoms with Crippen LogP contribution in [-0.2, 0) is 0 Å². The maximum Gasteiger partial charge on any atom is 0.324 e. The number of benzene rings is 1.